The number of carbonyl (C=O) groups is 2. The predicted octanol–water partition coefficient (Wildman–Crippen LogP) is 2.06. The largest absolute Gasteiger partial charge is 0.497 e. The Hall–Kier alpha value is -3.60. The molecule has 0 saturated carbocycles. The van der Waals surface area contributed by atoms with Crippen molar-refractivity contribution in [3.63, 3.8) is 0 Å². The van der Waals surface area contributed by atoms with E-state index in [1.165, 1.54) is 31.4 Å². The fraction of sp³-hybridized carbons (Fsp3) is 0.263. The molecule has 2 aromatic carbocycles. The standard InChI is InChI=1S/C19H21N5O6S/c1-30-16-6-8-17(9-7-16)31(28,29)22-11-13-2-4-14(5-3-13)19(27)23-15(10-18(25)26)12-21-24-20/h2-9,15,22H,10-12H2,1H3,(H,23,27)(H,25,26)/t15-/m0/s1. The van der Waals surface area contributed by atoms with Gasteiger partial charge in [0.05, 0.1) is 18.4 Å². The number of carbonyl (C=O) groups excluding carboxylic acids is 1. The second-order valence-electron chi connectivity index (χ2n) is 6.38. The minimum absolute atomic E-state index is 0.00872. The van der Waals surface area contributed by atoms with Crippen LogP contribution in [0.1, 0.15) is 22.3 Å². The molecule has 2 rings (SSSR count). The van der Waals surface area contributed by atoms with Crippen molar-refractivity contribution in [1.29, 1.82) is 0 Å². The minimum atomic E-state index is -3.73. The molecule has 0 unspecified atom stereocenters. The number of benzene rings is 2. The van der Waals surface area contributed by atoms with Crippen molar-refractivity contribution in [2.75, 3.05) is 13.7 Å². The van der Waals surface area contributed by atoms with Crippen LogP contribution in [-0.4, -0.2) is 45.1 Å². The number of hydrogen-bond donors (Lipinski definition) is 3. The third-order valence-electron chi connectivity index (χ3n) is 4.17. The Morgan fingerprint density at radius 2 is 1.81 bits per heavy atom. The van der Waals surface area contributed by atoms with Crippen LogP contribution in [0.4, 0.5) is 0 Å². The Kier molecular flexibility index (Phi) is 8.38. The van der Waals surface area contributed by atoms with E-state index in [9.17, 15) is 18.0 Å². The van der Waals surface area contributed by atoms with Gasteiger partial charge < -0.3 is 15.2 Å². The fourth-order valence-corrected chi connectivity index (χ4v) is 3.58. The summed E-state index contributed by atoms with van der Waals surface area (Å²) in [6.07, 6.45) is -0.393. The molecule has 1 amide bonds. The number of carboxylic acid groups (broad SMARTS) is 1. The smallest absolute Gasteiger partial charge is 0.305 e. The Morgan fingerprint density at radius 3 is 2.35 bits per heavy atom. The highest BCUT2D eigenvalue weighted by molar-refractivity contribution is 7.89. The summed E-state index contributed by atoms with van der Waals surface area (Å²) in [7, 11) is -2.24. The molecule has 3 N–H and O–H groups in total. The van der Waals surface area contributed by atoms with Crippen LogP contribution in [0, 0.1) is 0 Å². The van der Waals surface area contributed by atoms with Crippen LogP contribution in [-0.2, 0) is 21.4 Å². The Labute approximate surface area is 178 Å². The molecule has 1 atom stereocenters. The van der Waals surface area contributed by atoms with Crippen molar-refractivity contribution in [1.82, 2.24) is 10.0 Å². The number of azide groups is 1. The van der Waals surface area contributed by atoms with E-state index >= 15 is 0 Å². The summed E-state index contributed by atoms with van der Waals surface area (Å²) < 4.78 is 32.2. The summed E-state index contributed by atoms with van der Waals surface area (Å²) in [6, 6.07) is 11.2. The SMILES string of the molecule is COc1ccc(S(=O)(=O)NCc2ccc(C(=O)N[C@H](CN=[N+]=[N-])CC(=O)O)cc2)cc1. The number of amides is 1. The van der Waals surface area contributed by atoms with Crippen LogP contribution in [0.5, 0.6) is 5.75 Å². The van der Waals surface area contributed by atoms with E-state index in [1.807, 2.05) is 0 Å². The zero-order chi connectivity index (χ0) is 22.9. The molecular weight excluding hydrogens is 426 g/mol. The normalized spacial score (nSPS) is 11.8. The first-order valence-corrected chi connectivity index (χ1v) is 10.5. The first-order valence-electron chi connectivity index (χ1n) is 9.01. The van der Waals surface area contributed by atoms with E-state index in [2.05, 4.69) is 20.1 Å². The van der Waals surface area contributed by atoms with Crippen molar-refractivity contribution in [3.8, 4) is 5.75 Å². The maximum absolute atomic E-state index is 12.4. The third kappa shape index (κ3) is 7.30. The van der Waals surface area contributed by atoms with Crippen molar-refractivity contribution in [3.05, 3.63) is 70.1 Å². The molecule has 164 valence electrons. The molecule has 0 bridgehead atoms. The summed E-state index contributed by atoms with van der Waals surface area (Å²) in [5.74, 6) is -1.14. The van der Waals surface area contributed by atoms with Crippen LogP contribution in [0.25, 0.3) is 10.4 Å². The van der Waals surface area contributed by atoms with E-state index in [4.69, 9.17) is 15.4 Å². The van der Waals surface area contributed by atoms with Crippen molar-refractivity contribution in [2.24, 2.45) is 5.11 Å². The number of sulfonamides is 1. The molecule has 31 heavy (non-hydrogen) atoms. The van der Waals surface area contributed by atoms with E-state index < -0.39 is 34.4 Å². The number of aliphatic carboxylic acids is 1. The Bertz CT molecular complexity index is 1060. The maximum Gasteiger partial charge on any atom is 0.305 e. The maximum atomic E-state index is 12.4. The van der Waals surface area contributed by atoms with Gasteiger partial charge in [0.2, 0.25) is 10.0 Å². The van der Waals surface area contributed by atoms with E-state index in [1.54, 1.807) is 24.3 Å². The molecule has 2 aromatic rings. The summed E-state index contributed by atoms with van der Waals surface area (Å²) in [4.78, 5) is 25.8. The number of rotatable bonds is 11. The lowest BCUT2D eigenvalue weighted by Gasteiger charge is -2.14. The van der Waals surface area contributed by atoms with E-state index in [0.717, 1.165) is 0 Å². The number of hydrogen-bond acceptors (Lipinski definition) is 6. The number of carboxylic acids is 1. The number of ether oxygens (including phenoxy) is 1. The molecule has 0 saturated heterocycles. The van der Waals surface area contributed by atoms with Crippen molar-refractivity contribution >= 4 is 21.9 Å². The predicted molar refractivity (Wildman–Crippen MR) is 111 cm³/mol. The molecule has 0 aliphatic rings. The molecule has 0 fully saturated rings. The van der Waals surface area contributed by atoms with E-state index in [0.29, 0.717) is 11.3 Å². The monoisotopic (exact) mass is 447 g/mol. The van der Waals surface area contributed by atoms with Gasteiger partial charge in [0.1, 0.15) is 5.75 Å². The van der Waals surface area contributed by atoms with Gasteiger partial charge in [-0.3, -0.25) is 9.59 Å². The number of nitrogens with one attached hydrogen (secondary N) is 2. The quantitative estimate of drug-likeness (QED) is 0.270. The molecule has 0 radical (unpaired) electrons. The highest BCUT2D eigenvalue weighted by atomic mass is 32.2. The zero-order valence-corrected chi connectivity index (χ0v) is 17.4. The molecule has 0 aliphatic heterocycles. The molecule has 0 spiro atoms. The van der Waals surface area contributed by atoms with Crippen molar-refractivity contribution in [2.45, 2.75) is 23.9 Å². The van der Waals surface area contributed by atoms with Crippen LogP contribution >= 0.6 is 0 Å². The highest BCUT2D eigenvalue weighted by Crippen LogP contribution is 2.16. The molecule has 12 heteroatoms. The summed E-state index contributed by atoms with van der Waals surface area (Å²) in [5.41, 5.74) is 9.24. The lowest BCUT2D eigenvalue weighted by Crippen LogP contribution is -2.38. The lowest BCUT2D eigenvalue weighted by molar-refractivity contribution is -0.137. The fourth-order valence-electron chi connectivity index (χ4n) is 2.57. The third-order valence-corrected chi connectivity index (χ3v) is 5.59. The Morgan fingerprint density at radius 1 is 1.16 bits per heavy atom. The van der Waals surface area contributed by atoms with Gasteiger partial charge in [-0.25, -0.2) is 13.1 Å². The topological polar surface area (TPSA) is 171 Å². The van der Waals surface area contributed by atoms with Gasteiger partial charge in [0.15, 0.2) is 0 Å². The summed E-state index contributed by atoms with van der Waals surface area (Å²) >= 11 is 0. The van der Waals surface area contributed by atoms with Gasteiger partial charge in [-0.2, -0.15) is 0 Å². The van der Waals surface area contributed by atoms with Gasteiger partial charge in [-0.15, -0.1) is 0 Å². The van der Waals surface area contributed by atoms with Crippen LogP contribution in [0.3, 0.4) is 0 Å². The van der Waals surface area contributed by atoms with Gasteiger partial charge >= 0.3 is 5.97 Å². The lowest BCUT2D eigenvalue weighted by atomic mass is 10.1. The van der Waals surface area contributed by atoms with Crippen LogP contribution < -0.4 is 14.8 Å². The van der Waals surface area contributed by atoms with E-state index in [-0.39, 0.29) is 23.5 Å². The molecule has 11 nitrogen and oxygen atoms in total. The number of methoxy groups -OCH3 is 1. The first-order chi connectivity index (χ1) is 14.7. The van der Waals surface area contributed by atoms with Gasteiger partial charge in [0.25, 0.3) is 5.91 Å². The van der Waals surface area contributed by atoms with Crippen LogP contribution in [0.15, 0.2) is 58.5 Å². The summed E-state index contributed by atoms with van der Waals surface area (Å²) in [6.45, 7) is -0.186. The average Bonchev–Trinajstić information content (AvgIpc) is 2.76. The Balaban J connectivity index is 1.99. The van der Waals surface area contributed by atoms with Crippen LogP contribution in [0.2, 0.25) is 0 Å². The van der Waals surface area contributed by atoms with Gasteiger partial charge in [-0.05, 0) is 47.5 Å². The second-order valence-corrected chi connectivity index (χ2v) is 8.15. The molecule has 0 heterocycles. The highest BCUT2D eigenvalue weighted by Gasteiger charge is 2.17. The average molecular weight is 447 g/mol. The molecule has 0 aromatic heterocycles. The second kappa shape index (κ2) is 11.0. The zero-order valence-electron chi connectivity index (χ0n) is 16.6. The van der Waals surface area contributed by atoms with Gasteiger partial charge in [-0.1, -0.05) is 17.2 Å². The summed E-state index contributed by atoms with van der Waals surface area (Å²) in [5, 5.41) is 14.7. The molecule has 0 aliphatic carbocycles. The van der Waals surface area contributed by atoms with Gasteiger partial charge in [0, 0.05) is 29.6 Å². The number of nitrogens with zero attached hydrogens (tertiary/aromatic N) is 3. The minimum Gasteiger partial charge on any atom is -0.497 e. The first kappa shape index (κ1) is 23.7. The van der Waals surface area contributed by atoms with Crippen molar-refractivity contribution < 1.29 is 27.9 Å². The molecular formula is C19H21N5O6S.